The minimum atomic E-state index is 0.701. The molecule has 2 saturated heterocycles. The van der Waals surface area contributed by atoms with Gasteiger partial charge in [-0.15, -0.1) is 11.3 Å². The van der Waals surface area contributed by atoms with Crippen molar-refractivity contribution in [2.45, 2.75) is 69.6 Å². The van der Waals surface area contributed by atoms with Crippen LogP contribution in [-0.4, -0.2) is 36.1 Å². The van der Waals surface area contributed by atoms with Crippen LogP contribution in [0.25, 0.3) is 0 Å². The quantitative estimate of drug-likeness (QED) is 0.909. The normalized spacial score (nSPS) is 33.3. The van der Waals surface area contributed by atoms with E-state index in [1.807, 2.05) is 11.3 Å². The molecule has 2 aliphatic heterocycles. The van der Waals surface area contributed by atoms with Gasteiger partial charge in [0, 0.05) is 29.0 Å². The Labute approximate surface area is 121 Å². The molecule has 1 aromatic heterocycles. The molecule has 2 aliphatic rings. The second kappa shape index (κ2) is 5.94. The van der Waals surface area contributed by atoms with Crippen molar-refractivity contribution in [1.29, 1.82) is 0 Å². The molecular formula is C16H26N2S. The number of piperidine rings is 2. The van der Waals surface area contributed by atoms with Gasteiger partial charge in [-0.2, -0.15) is 0 Å². The molecule has 0 aliphatic carbocycles. The Morgan fingerprint density at radius 3 is 2.68 bits per heavy atom. The van der Waals surface area contributed by atoms with Crippen molar-refractivity contribution >= 4 is 11.3 Å². The van der Waals surface area contributed by atoms with Crippen molar-refractivity contribution in [3.8, 4) is 0 Å². The fraction of sp³-hybridized carbons (Fsp3) is 0.750. The zero-order valence-electron chi connectivity index (χ0n) is 12.1. The molecule has 19 heavy (non-hydrogen) atoms. The van der Waals surface area contributed by atoms with Gasteiger partial charge >= 0.3 is 0 Å². The summed E-state index contributed by atoms with van der Waals surface area (Å²) in [6.07, 6.45) is 8.18. The van der Waals surface area contributed by atoms with Gasteiger partial charge in [0.15, 0.2) is 0 Å². The smallest absolute Gasteiger partial charge is 0.0121 e. The molecule has 3 atom stereocenters. The lowest BCUT2D eigenvalue weighted by molar-refractivity contribution is -0.00382. The van der Waals surface area contributed by atoms with Crippen molar-refractivity contribution in [2.24, 2.45) is 0 Å². The standard InChI is InChI=1S/C16H26N2S/c1-12(9-16-7-4-8-19-16)18-14-5-3-6-15(18)11-13(10-14)17-2/h4,7-8,12-15,17H,3,5-6,9-11H2,1-2H3. The summed E-state index contributed by atoms with van der Waals surface area (Å²) >= 11 is 1.91. The SMILES string of the molecule is CNC1CC2CCCC(C1)N2C(C)Cc1cccs1. The van der Waals surface area contributed by atoms with Gasteiger partial charge in [-0.3, -0.25) is 4.90 Å². The van der Waals surface area contributed by atoms with Gasteiger partial charge in [0.1, 0.15) is 0 Å². The summed E-state index contributed by atoms with van der Waals surface area (Å²) in [5.41, 5.74) is 0. The third-order valence-corrected chi connectivity index (χ3v) is 5.92. The molecule has 3 unspecified atom stereocenters. The highest BCUT2D eigenvalue weighted by atomic mass is 32.1. The van der Waals surface area contributed by atoms with Gasteiger partial charge in [-0.05, 0) is 57.5 Å². The second-order valence-corrected chi connectivity index (χ2v) is 7.31. The summed E-state index contributed by atoms with van der Waals surface area (Å²) < 4.78 is 0. The Balaban J connectivity index is 1.69. The molecule has 0 amide bonds. The summed E-state index contributed by atoms with van der Waals surface area (Å²) in [4.78, 5) is 4.40. The van der Waals surface area contributed by atoms with E-state index in [0.717, 1.165) is 18.1 Å². The molecule has 0 spiro atoms. The molecule has 0 saturated carbocycles. The summed E-state index contributed by atoms with van der Waals surface area (Å²) in [6, 6.07) is 7.56. The summed E-state index contributed by atoms with van der Waals surface area (Å²) in [6.45, 7) is 2.44. The zero-order valence-corrected chi connectivity index (χ0v) is 13.0. The van der Waals surface area contributed by atoms with Crippen molar-refractivity contribution in [3.63, 3.8) is 0 Å². The molecule has 2 nitrogen and oxygen atoms in total. The topological polar surface area (TPSA) is 15.3 Å². The molecule has 3 rings (SSSR count). The van der Waals surface area contributed by atoms with Crippen LogP contribution >= 0.6 is 11.3 Å². The predicted octanol–water partition coefficient (Wildman–Crippen LogP) is 3.28. The number of thiophene rings is 1. The number of hydrogen-bond acceptors (Lipinski definition) is 3. The van der Waals surface area contributed by atoms with E-state index >= 15 is 0 Å². The van der Waals surface area contributed by atoms with Crippen LogP contribution in [0.2, 0.25) is 0 Å². The third-order valence-electron chi connectivity index (χ3n) is 5.03. The monoisotopic (exact) mass is 278 g/mol. The lowest BCUT2D eigenvalue weighted by atomic mass is 9.80. The van der Waals surface area contributed by atoms with Crippen LogP contribution < -0.4 is 5.32 Å². The Morgan fingerprint density at radius 2 is 2.11 bits per heavy atom. The third kappa shape index (κ3) is 2.88. The average Bonchev–Trinajstić information content (AvgIpc) is 2.89. The first kappa shape index (κ1) is 13.6. The molecule has 1 N–H and O–H groups in total. The van der Waals surface area contributed by atoms with E-state index in [4.69, 9.17) is 0 Å². The first-order valence-electron chi connectivity index (χ1n) is 7.75. The van der Waals surface area contributed by atoms with Crippen LogP contribution in [-0.2, 0) is 6.42 Å². The number of fused-ring (bicyclic) bond motifs is 2. The summed E-state index contributed by atoms with van der Waals surface area (Å²) in [7, 11) is 2.13. The highest BCUT2D eigenvalue weighted by molar-refractivity contribution is 7.09. The lowest BCUT2D eigenvalue weighted by Gasteiger charge is -2.51. The fourth-order valence-corrected chi connectivity index (χ4v) is 5.02. The highest BCUT2D eigenvalue weighted by Gasteiger charge is 2.39. The van der Waals surface area contributed by atoms with Gasteiger partial charge in [0.05, 0.1) is 0 Å². The number of nitrogens with zero attached hydrogens (tertiary/aromatic N) is 1. The lowest BCUT2D eigenvalue weighted by Crippen LogP contribution is -2.59. The predicted molar refractivity (Wildman–Crippen MR) is 82.8 cm³/mol. The van der Waals surface area contributed by atoms with E-state index in [9.17, 15) is 0 Å². The van der Waals surface area contributed by atoms with Gasteiger partial charge in [-0.25, -0.2) is 0 Å². The maximum Gasteiger partial charge on any atom is 0.0121 e. The zero-order chi connectivity index (χ0) is 13.2. The van der Waals surface area contributed by atoms with Crippen LogP contribution in [0.5, 0.6) is 0 Å². The molecule has 0 radical (unpaired) electrons. The summed E-state index contributed by atoms with van der Waals surface area (Å²) in [5, 5.41) is 5.72. The van der Waals surface area contributed by atoms with Crippen LogP contribution in [0.1, 0.15) is 43.9 Å². The maximum atomic E-state index is 3.51. The number of nitrogens with one attached hydrogen (secondary N) is 1. The van der Waals surface area contributed by atoms with Crippen LogP contribution in [0, 0.1) is 0 Å². The van der Waals surface area contributed by atoms with Crippen molar-refractivity contribution < 1.29 is 0 Å². The molecule has 3 heteroatoms. The van der Waals surface area contributed by atoms with E-state index < -0.39 is 0 Å². The number of rotatable bonds is 4. The molecule has 0 aromatic carbocycles. The fourth-order valence-electron chi connectivity index (χ4n) is 4.20. The first-order chi connectivity index (χ1) is 9.28. The van der Waals surface area contributed by atoms with Gasteiger partial charge in [0.2, 0.25) is 0 Å². The second-order valence-electron chi connectivity index (χ2n) is 6.28. The van der Waals surface area contributed by atoms with E-state index in [2.05, 4.69) is 41.7 Å². The molecule has 1 aromatic rings. The summed E-state index contributed by atoms with van der Waals surface area (Å²) in [5.74, 6) is 0. The van der Waals surface area contributed by atoms with Gasteiger partial charge in [-0.1, -0.05) is 12.5 Å². The van der Waals surface area contributed by atoms with E-state index in [1.54, 1.807) is 4.88 Å². The Morgan fingerprint density at radius 1 is 1.37 bits per heavy atom. The van der Waals surface area contributed by atoms with E-state index in [1.165, 1.54) is 38.5 Å². The van der Waals surface area contributed by atoms with Gasteiger partial charge in [0.25, 0.3) is 0 Å². The van der Waals surface area contributed by atoms with E-state index in [0.29, 0.717) is 6.04 Å². The molecular weight excluding hydrogens is 252 g/mol. The van der Waals surface area contributed by atoms with Crippen LogP contribution in [0.15, 0.2) is 17.5 Å². The first-order valence-corrected chi connectivity index (χ1v) is 8.63. The van der Waals surface area contributed by atoms with Crippen LogP contribution in [0.3, 0.4) is 0 Å². The molecule has 2 bridgehead atoms. The van der Waals surface area contributed by atoms with Gasteiger partial charge < -0.3 is 5.32 Å². The maximum absolute atomic E-state index is 3.51. The number of hydrogen-bond donors (Lipinski definition) is 1. The Kier molecular flexibility index (Phi) is 4.25. The van der Waals surface area contributed by atoms with Crippen molar-refractivity contribution in [2.75, 3.05) is 7.05 Å². The van der Waals surface area contributed by atoms with E-state index in [-0.39, 0.29) is 0 Å². The molecule has 106 valence electrons. The Bertz CT molecular complexity index is 375. The Hall–Kier alpha value is -0.380. The van der Waals surface area contributed by atoms with Crippen molar-refractivity contribution in [3.05, 3.63) is 22.4 Å². The average molecular weight is 278 g/mol. The molecule has 3 heterocycles. The van der Waals surface area contributed by atoms with Crippen molar-refractivity contribution in [1.82, 2.24) is 10.2 Å². The minimum absolute atomic E-state index is 0.701. The highest BCUT2D eigenvalue weighted by Crippen LogP contribution is 2.36. The minimum Gasteiger partial charge on any atom is -0.317 e. The molecule has 2 fully saturated rings. The largest absolute Gasteiger partial charge is 0.317 e. The van der Waals surface area contributed by atoms with Crippen LogP contribution in [0.4, 0.5) is 0 Å².